The molecule has 0 aliphatic heterocycles. The zero-order valence-electron chi connectivity index (χ0n) is 12.1. The fourth-order valence-corrected chi connectivity index (χ4v) is 3.42. The second-order valence-corrected chi connectivity index (χ2v) is 6.82. The Morgan fingerprint density at radius 2 is 1.83 bits per heavy atom. The Balaban J connectivity index is 1.96. The highest BCUT2D eigenvalue weighted by Gasteiger charge is 2.19. The molecule has 1 N–H and O–H groups in total. The van der Waals surface area contributed by atoms with Crippen molar-refractivity contribution in [1.29, 1.82) is 0 Å². The molecule has 1 heterocycles. The fraction of sp³-hybridized carbons (Fsp3) is 0.0588. The largest absolute Gasteiger partial charge is 0.319 e. The number of hydrogen-bond donors (Lipinski definition) is 1. The second-order valence-electron chi connectivity index (χ2n) is 4.83. The average molecular weight is 363 g/mol. The van der Waals surface area contributed by atoms with Gasteiger partial charge in [0.05, 0.1) is 25.6 Å². The van der Waals surface area contributed by atoms with Crippen LogP contribution in [-0.4, -0.2) is 10.9 Å². The van der Waals surface area contributed by atoms with E-state index in [0.717, 1.165) is 15.4 Å². The lowest BCUT2D eigenvalue weighted by Crippen LogP contribution is -2.13. The van der Waals surface area contributed by atoms with Crippen molar-refractivity contribution in [3.05, 3.63) is 69.3 Å². The number of carbonyl (C=O) groups is 1. The molecule has 0 radical (unpaired) electrons. The van der Waals surface area contributed by atoms with Crippen LogP contribution < -0.4 is 5.32 Å². The van der Waals surface area contributed by atoms with Crippen molar-refractivity contribution < 1.29 is 4.79 Å². The lowest BCUT2D eigenvalue weighted by atomic mass is 10.1. The van der Waals surface area contributed by atoms with Crippen molar-refractivity contribution >= 4 is 46.1 Å². The molecule has 0 saturated carbocycles. The lowest BCUT2D eigenvalue weighted by molar-refractivity contribution is 0.102. The third-order valence-electron chi connectivity index (χ3n) is 3.18. The minimum Gasteiger partial charge on any atom is -0.319 e. The van der Waals surface area contributed by atoms with E-state index in [1.165, 1.54) is 11.3 Å². The molecule has 0 bridgehead atoms. The van der Waals surface area contributed by atoms with Crippen LogP contribution in [0.1, 0.15) is 15.5 Å². The van der Waals surface area contributed by atoms with Gasteiger partial charge in [0.1, 0.15) is 5.69 Å². The van der Waals surface area contributed by atoms with Gasteiger partial charge in [-0.05, 0) is 24.6 Å². The maximum atomic E-state index is 12.6. The molecular formula is C17H12Cl2N2OS. The maximum absolute atomic E-state index is 12.6. The van der Waals surface area contributed by atoms with E-state index in [0.29, 0.717) is 21.4 Å². The number of nitrogens with one attached hydrogen (secondary N) is 1. The highest BCUT2D eigenvalue weighted by Crippen LogP contribution is 2.33. The minimum atomic E-state index is -0.308. The van der Waals surface area contributed by atoms with Crippen molar-refractivity contribution in [2.75, 3.05) is 5.32 Å². The summed E-state index contributed by atoms with van der Waals surface area (Å²) in [6.45, 7) is 1.88. The Labute approximate surface area is 147 Å². The van der Waals surface area contributed by atoms with Gasteiger partial charge in [-0.2, -0.15) is 0 Å². The number of thiazole rings is 1. The first kappa shape index (κ1) is 16.0. The predicted octanol–water partition coefficient (Wildman–Crippen LogP) is 5.68. The average Bonchev–Trinajstić information content (AvgIpc) is 2.95. The number of amides is 1. The van der Waals surface area contributed by atoms with Gasteiger partial charge < -0.3 is 5.32 Å². The first-order chi connectivity index (χ1) is 11.1. The van der Waals surface area contributed by atoms with Crippen molar-refractivity contribution in [3.8, 4) is 10.4 Å². The number of halogens is 2. The summed E-state index contributed by atoms with van der Waals surface area (Å²) in [7, 11) is 0. The molecule has 0 fully saturated rings. The molecule has 0 unspecified atom stereocenters. The Kier molecular flexibility index (Phi) is 4.66. The van der Waals surface area contributed by atoms with Crippen molar-refractivity contribution in [3.63, 3.8) is 0 Å². The lowest BCUT2D eigenvalue weighted by Gasteiger charge is -2.08. The highest BCUT2D eigenvalue weighted by molar-refractivity contribution is 7.15. The molecule has 0 aliphatic carbocycles. The summed E-state index contributed by atoms with van der Waals surface area (Å²) in [5.74, 6) is -0.308. The SMILES string of the molecule is Cc1nc(C(=O)Nc2cccc(Cl)c2Cl)c(-c2ccccc2)s1. The summed E-state index contributed by atoms with van der Waals surface area (Å²) < 4.78 is 0. The Hall–Kier alpha value is -1.88. The normalized spacial score (nSPS) is 10.6. The van der Waals surface area contributed by atoms with Gasteiger partial charge in [0, 0.05) is 0 Å². The molecule has 116 valence electrons. The molecule has 0 saturated heterocycles. The molecular weight excluding hydrogens is 351 g/mol. The second kappa shape index (κ2) is 6.71. The number of nitrogens with zero attached hydrogens (tertiary/aromatic N) is 1. The van der Waals surface area contributed by atoms with E-state index in [-0.39, 0.29) is 5.91 Å². The first-order valence-corrected chi connectivity index (χ1v) is 8.41. The Morgan fingerprint density at radius 3 is 2.57 bits per heavy atom. The molecule has 6 heteroatoms. The molecule has 0 aliphatic rings. The molecule has 0 spiro atoms. The first-order valence-electron chi connectivity index (χ1n) is 6.84. The number of aromatic nitrogens is 1. The predicted molar refractivity (Wildman–Crippen MR) is 96.7 cm³/mol. The summed E-state index contributed by atoms with van der Waals surface area (Å²) in [5, 5.41) is 4.31. The van der Waals surface area contributed by atoms with Gasteiger partial charge in [0.15, 0.2) is 0 Å². The summed E-state index contributed by atoms with van der Waals surface area (Å²) in [4.78, 5) is 17.8. The van der Waals surface area contributed by atoms with Gasteiger partial charge in [-0.1, -0.05) is 59.6 Å². The molecule has 2 aromatic carbocycles. The number of hydrogen-bond acceptors (Lipinski definition) is 3. The van der Waals surface area contributed by atoms with E-state index in [4.69, 9.17) is 23.2 Å². The van der Waals surface area contributed by atoms with Crippen LogP contribution in [0.4, 0.5) is 5.69 Å². The standard InChI is InChI=1S/C17H12Cl2N2OS/c1-10-20-15(16(23-10)11-6-3-2-4-7-11)17(22)21-13-9-5-8-12(18)14(13)19/h2-9H,1H3,(H,21,22). The van der Waals surface area contributed by atoms with E-state index in [1.807, 2.05) is 37.3 Å². The van der Waals surface area contributed by atoms with Crippen molar-refractivity contribution in [2.45, 2.75) is 6.92 Å². The van der Waals surface area contributed by atoms with Crippen molar-refractivity contribution in [1.82, 2.24) is 4.98 Å². The van der Waals surface area contributed by atoms with Gasteiger partial charge in [-0.15, -0.1) is 11.3 Å². The summed E-state index contributed by atoms with van der Waals surface area (Å²) in [6.07, 6.45) is 0. The number of rotatable bonds is 3. The summed E-state index contributed by atoms with van der Waals surface area (Å²) >= 11 is 13.6. The molecule has 1 aromatic heterocycles. The fourth-order valence-electron chi connectivity index (χ4n) is 2.15. The molecule has 23 heavy (non-hydrogen) atoms. The van der Waals surface area contributed by atoms with Gasteiger partial charge in [-0.25, -0.2) is 4.98 Å². The minimum absolute atomic E-state index is 0.308. The van der Waals surface area contributed by atoms with Crippen LogP contribution >= 0.6 is 34.5 Å². The zero-order valence-corrected chi connectivity index (χ0v) is 14.5. The Morgan fingerprint density at radius 1 is 1.09 bits per heavy atom. The third kappa shape index (κ3) is 3.39. The van der Waals surface area contributed by atoms with E-state index >= 15 is 0 Å². The van der Waals surface area contributed by atoms with Crippen molar-refractivity contribution in [2.24, 2.45) is 0 Å². The van der Waals surface area contributed by atoms with Crippen LogP contribution in [0.3, 0.4) is 0 Å². The number of anilines is 1. The summed E-state index contributed by atoms with van der Waals surface area (Å²) in [6, 6.07) is 14.8. The van der Waals surface area contributed by atoms with Gasteiger partial charge >= 0.3 is 0 Å². The maximum Gasteiger partial charge on any atom is 0.275 e. The highest BCUT2D eigenvalue weighted by atomic mass is 35.5. The van der Waals surface area contributed by atoms with Crippen LogP contribution in [0.5, 0.6) is 0 Å². The van der Waals surface area contributed by atoms with Gasteiger partial charge in [0.2, 0.25) is 0 Å². The number of benzene rings is 2. The van der Waals surface area contributed by atoms with Crippen LogP contribution in [0.15, 0.2) is 48.5 Å². The van der Waals surface area contributed by atoms with Crippen LogP contribution in [0.2, 0.25) is 10.0 Å². The van der Waals surface area contributed by atoms with Gasteiger partial charge in [-0.3, -0.25) is 4.79 Å². The number of carbonyl (C=O) groups excluding carboxylic acids is 1. The molecule has 3 rings (SSSR count). The molecule has 3 aromatic rings. The summed E-state index contributed by atoms with van der Waals surface area (Å²) in [5.41, 5.74) is 1.81. The molecule has 0 atom stereocenters. The van der Waals surface area contributed by atoms with Crippen LogP contribution in [0.25, 0.3) is 10.4 Å². The number of aryl methyl sites for hydroxylation is 1. The van der Waals surface area contributed by atoms with E-state index in [9.17, 15) is 4.79 Å². The third-order valence-corrected chi connectivity index (χ3v) is 5.02. The van der Waals surface area contributed by atoms with E-state index in [1.54, 1.807) is 18.2 Å². The monoisotopic (exact) mass is 362 g/mol. The topological polar surface area (TPSA) is 42.0 Å². The zero-order chi connectivity index (χ0) is 16.4. The molecule has 3 nitrogen and oxygen atoms in total. The Bertz CT molecular complexity index is 862. The van der Waals surface area contributed by atoms with E-state index < -0.39 is 0 Å². The molecule has 1 amide bonds. The van der Waals surface area contributed by atoms with Crippen LogP contribution in [0, 0.1) is 6.92 Å². The van der Waals surface area contributed by atoms with Crippen LogP contribution in [-0.2, 0) is 0 Å². The smallest absolute Gasteiger partial charge is 0.275 e. The quantitative estimate of drug-likeness (QED) is 0.651. The van der Waals surface area contributed by atoms with E-state index in [2.05, 4.69) is 10.3 Å². The van der Waals surface area contributed by atoms with Gasteiger partial charge in [0.25, 0.3) is 5.91 Å².